The van der Waals surface area contributed by atoms with Crippen LogP contribution in [0.4, 0.5) is 9.39 Å². The Labute approximate surface area is 210 Å². The van der Waals surface area contributed by atoms with Crippen molar-refractivity contribution in [2.75, 3.05) is 38.7 Å². The van der Waals surface area contributed by atoms with Crippen molar-refractivity contribution >= 4 is 43.8 Å². The number of hydrogen-bond acceptors (Lipinski definition) is 8. The molecule has 0 fully saturated rings. The van der Waals surface area contributed by atoms with Gasteiger partial charge < -0.3 is 20.7 Å². The van der Waals surface area contributed by atoms with Crippen molar-refractivity contribution in [3.05, 3.63) is 52.9 Å². The topological polar surface area (TPSA) is 88.2 Å². The van der Waals surface area contributed by atoms with Crippen molar-refractivity contribution in [1.82, 2.24) is 20.6 Å². The van der Waals surface area contributed by atoms with Crippen LogP contribution in [0.1, 0.15) is 16.9 Å². The number of aromatic nitrogens is 2. The summed E-state index contributed by atoms with van der Waals surface area (Å²) in [4.78, 5) is 22.5. The number of nitrogens with zero attached hydrogens (tertiary/aromatic N) is 2. The van der Waals surface area contributed by atoms with E-state index in [2.05, 4.69) is 20.9 Å². The Morgan fingerprint density at radius 2 is 2.09 bits per heavy atom. The largest absolute Gasteiger partial charge is 0.383 e. The quantitative estimate of drug-likeness (QED) is 0.228. The predicted molar refractivity (Wildman–Crippen MR) is 140 cm³/mol. The van der Waals surface area contributed by atoms with Crippen molar-refractivity contribution in [3.63, 3.8) is 0 Å². The number of pyridine rings is 1. The van der Waals surface area contributed by atoms with Crippen LogP contribution in [0.25, 0.3) is 31.9 Å². The van der Waals surface area contributed by atoms with Gasteiger partial charge in [-0.05, 0) is 47.9 Å². The maximum absolute atomic E-state index is 13.6. The van der Waals surface area contributed by atoms with E-state index in [0.717, 1.165) is 56.4 Å². The number of ether oxygens (including phenoxy) is 1. The second kappa shape index (κ2) is 10.9. The standard InChI is InChI=1S/C25H26FN5O2S2/c1-33-11-10-27-8-6-22(32)31-25-23(17-5-7-28-14-20(17)35-25)24-30-18-3-2-15(12-19(18)34-24)16-4-9-29-21(26)13-16/h2-4,9,12-13,27-28H,5-8,10-11,14H2,1H3,(H,31,32). The molecule has 3 aromatic heterocycles. The Morgan fingerprint density at radius 3 is 2.94 bits per heavy atom. The van der Waals surface area contributed by atoms with Crippen LogP contribution in [0, 0.1) is 5.95 Å². The third-order valence-corrected chi connectivity index (χ3v) is 8.04. The zero-order chi connectivity index (χ0) is 24.2. The van der Waals surface area contributed by atoms with Crippen molar-refractivity contribution in [3.8, 4) is 21.7 Å². The molecule has 1 aromatic carbocycles. The van der Waals surface area contributed by atoms with E-state index in [1.807, 2.05) is 18.2 Å². The summed E-state index contributed by atoms with van der Waals surface area (Å²) in [6.07, 6.45) is 2.75. The first kappa shape index (κ1) is 24.0. The number of thiazole rings is 1. The molecule has 4 heterocycles. The Hall–Kier alpha value is -2.76. The van der Waals surface area contributed by atoms with Crippen LogP contribution in [0.15, 0.2) is 36.5 Å². The number of benzene rings is 1. The average Bonchev–Trinajstić information content (AvgIpc) is 3.43. The summed E-state index contributed by atoms with van der Waals surface area (Å²) >= 11 is 3.22. The van der Waals surface area contributed by atoms with Crippen molar-refractivity contribution < 1.29 is 13.9 Å². The van der Waals surface area contributed by atoms with Crippen LogP contribution >= 0.6 is 22.7 Å². The lowest BCUT2D eigenvalue weighted by molar-refractivity contribution is -0.116. The third-order valence-electron chi connectivity index (χ3n) is 5.85. The maximum Gasteiger partial charge on any atom is 0.226 e. The summed E-state index contributed by atoms with van der Waals surface area (Å²) in [5.41, 5.74) is 4.87. The number of hydrogen-bond donors (Lipinski definition) is 3. The number of thiophene rings is 1. The number of amides is 1. The monoisotopic (exact) mass is 511 g/mol. The van der Waals surface area contributed by atoms with Crippen LogP contribution in [0.5, 0.6) is 0 Å². The lowest BCUT2D eigenvalue weighted by Crippen LogP contribution is -2.24. The number of carbonyl (C=O) groups is 1. The van der Waals surface area contributed by atoms with Gasteiger partial charge in [-0.3, -0.25) is 4.79 Å². The number of carbonyl (C=O) groups excluding carboxylic acids is 1. The molecule has 7 nitrogen and oxygen atoms in total. The highest BCUT2D eigenvalue weighted by atomic mass is 32.1. The molecule has 0 saturated heterocycles. The Bertz CT molecular complexity index is 1350. The summed E-state index contributed by atoms with van der Waals surface area (Å²) in [5.74, 6) is -0.522. The number of methoxy groups -OCH3 is 1. The number of halogens is 1. The van der Waals surface area contributed by atoms with Gasteiger partial charge in [0.2, 0.25) is 11.9 Å². The van der Waals surface area contributed by atoms with Crippen molar-refractivity contribution in [1.29, 1.82) is 0 Å². The first-order chi connectivity index (χ1) is 17.1. The SMILES string of the molecule is COCCNCCC(=O)Nc1sc2c(c1-c1nc3ccc(-c4ccnc(F)c4)cc3s1)CCNC2. The summed E-state index contributed by atoms with van der Waals surface area (Å²) in [7, 11) is 1.66. The van der Waals surface area contributed by atoms with Gasteiger partial charge in [-0.15, -0.1) is 22.7 Å². The van der Waals surface area contributed by atoms with E-state index in [1.54, 1.807) is 35.8 Å². The van der Waals surface area contributed by atoms with Crippen LogP contribution < -0.4 is 16.0 Å². The van der Waals surface area contributed by atoms with Crippen LogP contribution in [0.3, 0.4) is 0 Å². The molecule has 1 aliphatic heterocycles. The molecule has 1 amide bonds. The molecule has 3 N–H and O–H groups in total. The minimum absolute atomic E-state index is 0.0224. The van der Waals surface area contributed by atoms with Crippen molar-refractivity contribution in [2.45, 2.75) is 19.4 Å². The molecule has 182 valence electrons. The minimum Gasteiger partial charge on any atom is -0.383 e. The van der Waals surface area contributed by atoms with E-state index in [1.165, 1.54) is 22.7 Å². The van der Waals surface area contributed by atoms with E-state index in [4.69, 9.17) is 9.72 Å². The number of fused-ring (bicyclic) bond motifs is 2. The normalized spacial score (nSPS) is 13.2. The van der Waals surface area contributed by atoms with E-state index >= 15 is 0 Å². The summed E-state index contributed by atoms with van der Waals surface area (Å²) in [6, 6.07) is 9.19. The number of anilines is 1. The highest BCUT2D eigenvalue weighted by Gasteiger charge is 2.25. The molecule has 0 saturated carbocycles. The Morgan fingerprint density at radius 1 is 1.20 bits per heavy atom. The molecule has 10 heteroatoms. The molecule has 0 bridgehead atoms. The lowest BCUT2D eigenvalue weighted by Gasteiger charge is -2.13. The second-order valence-corrected chi connectivity index (χ2v) is 10.4. The van der Waals surface area contributed by atoms with Gasteiger partial charge in [0.15, 0.2) is 0 Å². The minimum atomic E-state index is -0.500. The van der Waals surface area contributed by atoms with Gasteiger partial charge in [-0.2, -0.15) is 4.39 Å². The molecular formula is C25H26FN5O2S2. The zero-order valence-corrected chi connectivity index (χ0v) is 21.0. The average molecular weight is 512 g/mol. The number of rotatable bonds is 9. The molecule has 0 unspecified atom stereocenters. The Kier molecular flexibility index (Phi) is 7.45. The van der Waals surface area contributed by atoms with Crippen molar-refractivity contribution in [2.24, 2.45) is 0 Å². The molecule has 0 radical (unpaired) electrons. The highest BCUT2D eigenvalue weighted by molar-refractivity contribution is 7.23. The highest BCUT2D eigenvalue weighted by Crippen LogP contribution is 2.45. The Balaban J connectivity index is 1.43. The second-order valence-electron chi connectivity index (χ2n) is 8.24. The van der Waals surface area contributed by atoms with Gasteiger partial charge >= 0.3 is 0 Å². The van der Waals surface area contributed by atoms with E-state index in [9.17, 15) is 9.18 Å². The lowest BCUT2D eigenvalue weighted by atomic mass is 10.0. The van der Waals surface area contributed by atoms with Gasteiger partial charge in [-0.25, -0.2) is 9.97 Å². The first-order valence-corrected chi connectivity index (χ1v) is 13.1. The third kappa shape index (κ3) is 5.41. The molecule has 0 aliphatic carbocycles. The molecule has 35 heavy (non-hydrogen) atoms. The molecule has 0 atom stereocenters. The van der Waals surface area contributed by atoms with Gasteiger partial charge in [0.05, 0.1) is 16.8 Å². The fourth-order valence-corrected chi connectivity index (χ4v) is 6.52. The fourth-order valence-electron chi connectivity index (χ4n) is 4.13. The molecule has 5 rings (SSSR count). The van der Waals surface area contributed by atoms with Gasteiger partial charge in [-0.1, -0.05) is 6.07 Å². The number of nitrogens with one attached hydrogen (secondary N) is 3. The van der Waals surface area contributed by atoms with Crippen LogP contribution in [-0.2, 0) is 22.5 Å². The zero-order valence-electron chi connectivity index (χ0n) is 19.3. The van der Waals surface area contributed by atoms with Gasteiger partial charge in [0.25, 0.3) is 0 Å². The van der Waals surface area contributed by atoms with E-state index in [-0.39, 0.29) is 5.91 Å². The molecule has 1 aliphatic rings. The fraction of sp³-hybridized carbons (Fsp3) is 0.320. The van der Waals surface area contributed by atoms with E-state index in [0.29, 0.717) is 26.1 Å². The summed E-state index contributed by atoms with van der Waals surface area (Å²) in [6.45, 7) is 3.62. The maximum atomic E-state index is 13.6. The summed E-state index contributed by atoms with van der Waals surface area (Å²) in [5, 5.41) is 11.5. The van der Waals surface area contributed by atoms with Gasteiger partial charge in [0, 0.05) is 55.9 Å². The first-order valence-electron chi connectivity index (χ1n) is 11.5. The van der Waals surface area contributed by atoms with Gasteiger partial charge in [0.1, 0.15) is 10.0 Å². The molecule has 4 aromatic rings. The van der Waals surface area contributed by atoms with Crippen LogP contribution in [0.2, 0.25) is 0 Å². The van der Waals surface area contributed by atoms with E-state index < -0.39 is 5.95 Å². The van der Waals surface area contributed by atoms with Crippen LogP contribution in [-0.4, -0.2) is 49.2 Å². The molecule has 0 spiro atoms. The summed E-state index contributed by atoms with van der Waals surface area (Å²) < 4.78 is 19.7. The molecular weight excluding hydrogens is 485 g/mol. The smallest absolute Gasteiger partial charge is 0.226 e. The predicted octanol–water partition coefficient (Wildman–Crippen LogP) is 4.44.